The molecule has 2 aromatic carbocycles. The monoisotopic (exact) mass is 294 g/mol. The van der Waals surface area contributed by atoms with Crippen LogP contribution in [0.15, 0.2) is 41.3 Å². The van der Waals surface area contributed by atoms with Crippen molar-refractivity contribution in [2.24, 2.45) is 0 Å². The molecule has 3 nitrogen and oxygen atoms in total. The zero-order chi connectivity index (χ0) is 14.9. The molecule has 5 heteroatoms. The highest BCUT2D eigenvalue weighted by Gasteiger charge is 2.20. The number of hydrogen-bond acceptors (Lipinski definition) is 3. The van der Waals surface area contributed by atoms with Gasteiger partial charge >= 0.3 is 10.1 Å². The van der Waals surface area contributed by atoms with Gasteiger partial charge in [0.25, 0.3) is 0 Å². The van der Waals surface area contributed by atoms with E-state index in [1.165, 1.54) is 12.1 Å². The molecule has 20 heavy (non-hydrogen) atoms. The Morgan fingerprint density at radius 2 is 1.55 bits per heavy atom. The van der Waals surface area contributed by atoms with Gasteiger partial charge in [-0.2, -0.15) is 8.42 Å². The first kappa shape index (κ1) is 14.5. The van der Waals surface area contributed by atoms with Gasteiger partial charge in [-0.15, -0.1) is 0 Å². The second-order valence-corrected chi connectivity index (χ2v) is 6.29. The van der Waals surface area contributed by atoms with Crippen LogP contribution in [0, 0.1) is 26.6 Å². The van der Waals surface area contributed by atoms with Gasteiger partial charge in [0.05, 0.1) is 0 Å². The van der Waals surface area contributed by atoms with Crippen molar-refractivity contribution in [3.63, 3.8) is 0 Å². The van der Waals surface area contributed by atoms with Crippen LogP contribution in [-0.2, 0) is 10.1 Å². The number of halogens is 1. The van der Waals surface area contributed by atoms with Crippen molar-refractivity contribution in [1.29, 1.82) is 0 Å². The number of hydrogen-bond donors (Lipinski definition) is 0. The van der Waals surface area contributed by atoms with Crippen molar-refractivity contribution in [3.8, 4) is 5.75 Å². The predicted molar refractivity (Wildman–Crippen MR) is 74.9 cm³/mol. The van der Waals surface area contributed by atoms with E-state index in [2.05, 4.69) is 0 Å². The molecular formula is C15H15FO3S. The predicted octanol–water partition coefficient (Wildman–Crippen LogP) is 3.52. The first-order chi connectivity index (χ1) is 9.28. The van der Waals surface area contributed by atoms with Crippen molar-refractivity contribution in [1.82, 2.24) is 0 Å². The molecule has 2 aromatic rings. The minimum Gasteiger partial charge on any atom is -0.379 e. The number of aryl methyl sites for hydroxylation is 3. The van der Waals surface area contributed by atoms with Gasteiger partial charge in [0.1, 0.15) is 16.5 Å². The van der Waals surface area contributed by atoms with E-state index in [1.807, 2.05) is 19.9 Å². The second-order valence-electron chi connectivity index (χ2n) is 4.77. The molecule has 0 N–H and O–H groups in total. The molecule has 0 saturated carbocycles. The van der Waals surface area contributed by atoms with Crippen LogP contribution in [0.1, 0.15) is 16.7 Å². The molecule has 0 aliphatic heterocycles. The summed E-state index contributed by atoms with van der Waals surface area (Å²) < 4.78 is 42.7. The van der Waals surface area contributed by atoms with Crippen LogP contribution in [0.3, 0.4) is 0 Å². The normalized spacial score (nSPS) is 11.4. The second kappa shape index (κ2) is 5.25. The third kappa shape index (κ3) is 3.17. The molecule has 2 rings (SSSR count). The van der Waals surface area contributed by atoms with Gasteiger partial charge < -0.3 is 4.18 Å². The standard InChI is InChI=1S/C15H15FO3S/c1-10-6-11(2)8-14(7-10)19-20(17,18)15-9-13(16)5-4-12(15)3/h4-9H,1-3H3. The summed E-state index contributed by atoms with van der Waals surface area (Å²) in [5, 5.41) is 0. The van der Waals surface area contributed by atoms with Crippen molar-refractivity contribution in [2.45, 2.75) is 25.7 Å². The zero-order valence-corrected chi connectivity index (χ0v) is 12.3. The zero-order valence-electron chi connectivity index (χ0n) is 11.5. The van der Waals surface area contributed by atoms with E-state index in [-0.39, 0.29) is 10.6 Å². The molecule has 0 fully saturated rings. The summed E-state index contributed by atoms with van der Waals surface area (Å²) in [4.78, 5) is -0.156. The Kier molecular flexibility index (Phi) is 3.81. The van der Waals surface area contributed by atoms with Crippen LogP contribution in [0.2, 0.25) is 0 Å². The van der Waals surface area contributed by atoms with Crippen molar-refractivity contribution < 1.29 is 17.0 Å². The molecule has 106 valence electrons. The Bertz CT molecular complexity index is 731. The fourth-order valence-corrected chi connectivity index (χ4v) is 3.15. The highest BCUT2D eigenvalue weighted by Crippen LogP contribution is 2.23. The third-order valence-electron chi connectivity index (χ3n) is 2.82. The first-order valence-corrected chi connectivity index (χ1v) is 7.48. The van der Waals surface area contributed by atoms with Gasteiger partial charge in [-0.1, -0.05) is 12.1 Å². The largest absolute Gasteiger partial charge is 0.379 e. The molecule has 0 aliphatic carbocycles. The van der Waals surface area contributed by atoms with Gasteiger partial charge in [-0.25, -0.2) is 4.39 Å². The molecule has 0 atom stereocenters. The van der Waals surface area contributed by atoms with Crippen LogP contribution in [0.4, 0.5) is 4.39 Å². The van der Waals surface area contributed by atoms with E-state index < -0.39 is 15.9 Å². The number of rotatable bonds is 3. The molecular weight excluding hydrogens is 279 g/mol. The number of benzene rings is 2. The van der Waals surface area contributed by atoms with Crippen LogP contribution < -0.4 is 4.18 Å². The van der Waals surface area contributed by atoms with E-state index in [9.17, 15) is 12.8 Å². The smallest absolute Gasteiger partial charge is 0.339 e. The highest BCUT2D eigenvalue weighted by atomic mass is 32.2. The third-order valence-corrected chi connectivity index (χ3v) is 4.21. The topological polar surface area (TPSA) is 43.4 Å². The molecule has 0 aliphatic rings. The Morgan fingerprint density at radius 1 is 0.950 bits per heavy atom. The van der Waals surface area contributed by atoms with Crippen molar-refractivity contribution in [3.05, 3.63) is 58.9 Å². The summed E-state index contributed by atoms with van der Waals surface area (Å²) in [7, 11) is -4.04. The molecule has 0 amide bonds. The molecule has 0 unspecified atom stereocenters. The van der Waals surface area contributed by atoms with Crippen LogP contribution >= 0.6 is 0 Å². The van der Waals surface area contributed by atoms with E-state index >= 15 is 0 Å². The van der Waals surface area contributed by atoms with E-state index in [4.69, 9.17) is 4.18 Å². The lowest BCUT2D eigenvalue weighted by atomic mass is 10.1. The Balaban J connectivity index is 2.43. The average molecular weight is 294 g/mol. The van der Waals surface area contributed by atoms with Gasteiger partial charge in [-0.05, 0) is 61.7 Å². The Labute approximate surface area is 118 Å². The van der Waals surface area contributed by atoms with Crippen molar-refractivity contribution >= 4 is 10.1 Å². The average Bonchev–Trinajstić information content (AvgIpc) is 2.30. The summed E-state index contributed by atoms with van der Waals surface area (Å²) >= 11 is 0. The summed E-state index contributed by atoms with van der Waals surface area (Å²) in [5.74, 6) is -0.385. The molecule has 0 heterocycles. The molecule has 0 aromatic heterocycles. The maximum Gasteiger partial charge on any atom is 0.339 e. The Morgan fingerprint density at radius 3 is 2.15 bits per heavy atom. The summed E-state index contributed by atoms with van der Waals surface area (Å²) in [6.07, 6.45) is 0. The van der Waals surface area contributed by atoms with Crippen LogP contribution in [0.25, 0.3) is 0 Å². The van der Waals surface area contributed by atoms with E-state index in [0.29, 0.717) is 5.56 Å². The summed E-state index contributed by atoms with van der Waals surface area (Å²) in [6.45, 7) is 5.29. The van der Waals surface area contributed by atoms with Gasteiger partial charge in [-0.3, -0.25) is 0 Å². The van der Waals surface area contributed by atoms with E-state index in [1.54, 1.807) is 19.1 Å². The quantitative estimate of drug-likeness (QED) is 0.813. The van der Waals surface area contributed by atoms with Gasteiger partial charge in [0.15, 0.2) is 0 Å². The maximum absolute atomic E-state index is 13.2. The molecule has 0 spiro atoms. The Hall–Kier alpha value is -1.88. The highest BCUT2D eigenvalue weighted by molar-refractivity contribution is 7.87. The lowest BCUT2D eigenvalue weighted by molar-refractivity contribution is 0.484. The lowest BCUT2D eigenvalue weighted by Gasteiger charge is -2.10. The van der Waals surface area contributed by atoms with Crippen molar-refractivity contribution in [2.75, 3.05) is 0 Å². The van der Waals surface area contributed by atoms with Crippen LogP contribution in [0.5, 0.6) is 5.75 Å². The fraction of sp³-hybridized carbons (Fsp3) is 0.200. The maximum atomic E-state index is 13.2. The lowest BCUT2D eigenvalue weighted by Crippen LogP contribution is -2.11. The van der Waals surface area contributed by atoms with Crippen LogP contribution in [-0.4, -0.2) is 8.42 Å². The molecule has 0 bridgehead atoms. The summed E-state index contributed by atoms with van der Waals surface area (Å²) in [5.41, 5.74) is 2.23. The summed E-state index contributed by atoms with van der Waals surface area (Å²) in [6, 6.07) is 8.75. The SMILES string of the molecule is Cc1cc(C)cc(OS(=O)(=O)c2cc(F)ccc2C)c1. The van der Waals surface area contributed by atoms with E-state index in [0.717, 1.165) is 17.2 Å². The first-order valence-electron chi connectivity index (χ1n) is 6.07. The van der Waals surface area contributed by atoms with Gasteiger partial charge in [0.2, 0.25) is 0 Å². The molecule has 0 radical (unpaired) electrons. The minimum atomic E-state index is -4.04. The molecule has 0 saturated heterocycles. The fourth-order valence-electron chi connectivity index (χ4n) is 2.00. The minimum absolute atomic E-state index is 0.156. The van der Waals surface area contributed by atoms with Gasteiger partial charge in [0, 0.05) is 0 Å².